The van der Waals surface area contributed by atoms with Gasteiger partial charge in [-0.05, 0) is 46.3 Å². The number of anilines is 1. The fraction of sp³-hybridized carbons (Fsp3) is 0.200. The number of esters is 1. The van der Waals surface area contributed by atoms with Crippen LogP contribution in [0.4, 0.5) is 5.69 Å². The molecule has 3 rings (SSSR count). The number of ether oxygens (including phenoxy) is 1. The molecule has 2 heterocycles. The maximum absolute atomic E-state index is 12.3. The molecule has 0 radical (unpaired) electrons. The van der Waals surface area contributed by atoms with E-state index in [0.717, 1.165) is 4.47 Å². The van der Waals surface area contributed by atoms with Gasteiger partial charge in [-0.15, -0.1) is 11.3 Å². The zero-order valence-corrected chi connectivity index (χ0v) is 15.9. The summed E-state index contributed by atoms with van der Waals surface area (Å²) in [6.45, 7) is 0.204. The monoisotopic (exact) mass is 444 g/mol. The van der Waals surface area contributed by atoms with Crippen molar-refractivity contribution in [3.63, 3.8) is 0 Å². The summed E-state index contributed by atoms with van der Waals surface area (Å²) >= 11 is 4.57. The Morgan fingerprint density at radius 2 is 2.00 bits per heavy atom. The molecule has 2 aromatic rings. The van der Waals surface area contributed by atoms with Gasteiger partial charge in [-0.1, -0.05) is 0 Å². The highest BCUT2D eigenvalue weighted by Crippen LogP contribution is 2.22. The minimum Gasteiger partial charge on any atom is -0.464 e. The summed E-state index contributed by atoms with van der Waals surface area (Å²) in [7, 11) is -3.84. The van der Waals surface area contributed by atoms with Crippen molar-refractivity contribution in [1.82, 2.24) is 4.72 Å². The van der Waals surface area contributed by atoms with E-state index in [1.807, 2.05) is 0 Å². The van der Waals surface area contributed by atoms with Crippen molar-refractivity contribution >= 4 is 54.9 Å². The van der Waals surface area contributed by atoms with E-state index in [4.69, 9.17) is 4.74 Å². The molecule has 1 amide bonds. The van der Waals surface area contributed by atoms with Crippen LogP contribution in [0.2, 0.25) is 0 Å². The van der Waals surface area contributed by atoms with Crippen LogP contribution in [0.25, 0.3) is 0 Å². The quantitative estimate of drug-likeness (QED) is 0.689. The number of rotatable bonds is 5. The molecule has 0 aliphatic carbocycles. The number of amides is 1. The summed E-state index contributed by atoms with van der Waals surface area (Å²) in [5.41, 5.74) is 0.466. The van der Waals surface area contributed by atoms with Crippen LogP contribution in [0.15, 0.2) is 45.1 Å². The fourth-order valence-corrected chi connectivity index (χ4v) is 4.74. The highest BCUT2D eigenvalue weighted by molar-refractivity contribution is 9.10. The Bertz CT molecular complexity index is 908. The lowest BCUT2D eigenvalue weighted by atomic mass is 10.3. The standard InChI is InChI=1S/C15H13BrN2O5S2/c16-9-7-13(24-8-9)14(19)17-10-1-3-11(4-2-10)25(21,22)18-12-5-6-23-15(12)20/h1-4,7-8,12,18H,5-6H2,(H,17,19). The SMILES string of the molecule is O=C(Nc1ccc(S(=O)(=O)NC2CCOC2=O)cc1)c1cc(Br)cs1. The molecule has 10 heteroatoms. The Morgan fingerprint density at radius 3 is 2.56 bits per heavy atom. The van der Waals surface area contributed by atoms with Gasteiger partial charge in [-0.2, -0.15) is 4.72 Å². The van der Waals surface area contributed by atoms with Crippen molar-refractivity contribution in [2.45, 2.75) is 17.4 Å². The number of cyclic esters (lactones) is 1. The molecule has 2 N–H and O–H groups in total. The number of hydrogen-bond acceptors (Lipinski definition) is 6. The van der Waals surface area contributed by atoms with E-state index >= 15 is 0 Å². The first-order valence-electron chi connectivity index (χ1n) is 7.19. The third-order valence-corrected chi connectivity index (χ3v) is 6.62. The number of nitrogens with one attached hydrogen (secondary N) is 2. The van der Waals surface area contributed by atoms with Crippen molar-refractivity contribution in [2.24, 2.45) is 0 Å². The van der Waals surface area contributed by atoms with Crippen molar-refractivity contribution in [2.75, 3.05) is 11.9 Å². The number of hydrogen-bond donors (Lipinski definition) is 2. The first-order valence-corrected chi connectivity index (χ1v) is 10.4. The number of benzene rings is 1. The van der Waals surface area contributed by atoms with Crippen LogP contribution in [0.1, 0.15) is 16.1 Å². The second-order valence-electron chi connectivity index (χ2n) is 5.24. The van der Waals surface area contributed by atoms with Crippen LogP contribution in [0.3, 0.4) is 0 Å². The number of sulfonamides is 1. The molecule has 7 nitrogen and oxygen atoms in total. The van der Waals surface area contributed by atoms with Crippen molar-refractivity contribution in [1.29, 1.82) is 0 Å². The van der Waals surface area contributed by atoms with Gasteiger partial charge in [-0.3, -0.25) is 9.59 Å². The van der Waals surface area contributed by atoms with Crippen LogP contribution in [-0.2, 0) is 19.6 Å². The van der Waals surface area contributed by atoms with Crippen LogP contribution in [0.5, 0.6) is 0 Å². The average molecular weight is 445 g/mol. The molecule has 1 saturated heterocycles. The summed E-state index contributed by atoms with van der Waals surface area (Å²) in [4.78, 5) is 24.0. The highest BCUT2D eigenvalue weighted by atomic mass is 79.9. The number of halogens is 1. The molecule has 1 unspecified atom stereocenters. The first-order chi connectivity index (χ1) is 11.8. The summed E-state index contributed by atoms with van der Waals surface area (Å²) in [6, 6.07) is 6.54. The van der Waals surface area contributed by atoms with Crippen LogP contribution >= 0.6 is 27.3 Å². The van der Waals surface area contributed by atoms with E-state index in [1.54, 1.807) is 11.4 Å². The molecule has 1 atom stereocenters. The van der Waals surface area contributed by atoms with Gasteiger partial charge in [0.2, 0.25) is 10.0 Å². The Hall–Kier alpha value is -1.75. The molecule has 1 aromatic carbocycles. The second kappa shape index (κ2) is 7.24. The number of thiophene rings is 1. The normalized spacial score (nSPS) is 17.3. The Labute approximate surface area is 156 Å². The summed E-state index contributed by atoms with van der Waals surface area (Å²) in [6.07, 6.45) is 0.308. The van der Waals surface area contributed by atoms with Gasteiger partial charge in [0.1, 0.15) is 6.04 Å². The fourth-order valence-electron chi connectivity index (χ4n) is 2.20. The van der Waals surface area contributed by atoms with Gasteiger partial charge in [-0.25, -0.2) is 8.42 Å². The molecule has 132 valence electrons. The molecule has 25 heavy (non-hydrogen) atoms. The van der Waals surface area contributed by atoms with Gasteiger partial charge in [0, 0.05) is 22.0 Å². The minimum atomic E-state index is -3.84. The maximum atomic E-state index is 12.3. The van der Waals surface area contributed by atoms with Gasteiger partial charge < -0.3 is 10.1 Å². The lowest BCUT2D eigenvalue weighted by Crippen LogP contribution is -2.37. The van der Waals surface area contributed by atoms with Crippen LogP contribution < -0.4 is 10.0 Å². The maximum Gasteiger partial charge on any atom is 0.324 e. The molecule has 0 saturated carbocycles. The van der Waals surface area contributed by atoms with E-state index in [0.29, 0.717) is 17.0 Å². The molecular weight excluding hydrogens is 432 g/mol. The lowest BCUT2D eigenvalue weighted by molar-refractivity contribution is -0.139. The molecule has 1 aliphatic rings. The largest absolute Gasteiger partial charge is 0.464 e. The Morgan fingerprint density at radius 1 is 1.28 bits per heavy atom. The van der Waals surface area contributed by atoms with E-state index in [1.165, 1.54) is 35.6 Å². The van der Waals surface area contributed by atoms with E-state index < -0.39 is 22.0 Å². The molecule has 0 bridgehead atoms. The third kappa shape index (κ3) is 4.27. The first kappa shape index (κ1) is 18.1. The average Bonchev–Trinajstić information content (AvgIpc) is 3.17. The van der Waals surface area contributed by atoms with Crippen LogP contribution in [0, 0.1) is 0 Å². The molecule has 1 fully saturated rings. The third-order valence-electron chi connectivity index (χ3n) is 3.45. The highest BCUT2D eigenvalue weighted by Gasteiger charge is 2.31. The van der Waals surface area contributed by atoms with E-state index in [-0.39, 0.29) is 17.4 Å². The molecule has 1 aliphatic heterocycles. The van der Waals surface area contributed by atoms with Crippen molar-refractivity contribution in [3.8, 4) is 0 Å². The summed E-state index contributed by atoms with van der Waals surface area (Å²) < 4.78 is 32.4. The van der Waals surface area contributed by atoms with Gasteiger partial charge >= 0.3 is 5.97 Å². The predicted molar refractivity (Wildman–Crippen MR) is 96.1 cm³/mol. The number of carbonyl (C=O) groups excluding carboxylic acids is 2. The Kier molecular flexibility index (Phi) is 5.23. The minimum absolute atomic E-state index is 0.00377. The zero-order valence-electron chi connectivity index (χ0n) is 12.7. The van der Waals surface area contributed by atoms with Gasteiger partial charge in [0.25, 0.3) is 5.91 Å². The summed E-state index contributed by atoms with van der Waals surface area (Å²) in [5.74, 6) is -0.854. The molecule has 1 aromatic heterocycles. The number of carbonyl (C=O) groups is 2. The van der Waals surface area contributed by atoms with Crippen LogP contribution in [-0.4, -0.2) is 32.9 Å². The second-order valence-corrected chi connectivity index (χ2v) is 8.78. The molecular formula is C15H13BrN2O5S2. The predicted octanol–water partition coefficient (Wildman–Crippen LogP) is 2.36. The van der Waals surface area contributed by atoms with Gasteiger partial charge in [0.15, 0.2) is 0 Å². The zero-order chi connectivity index (χ0) is 18.0. The van der Waals surface area contributed by atoms with E-state index in [2.05, 4.69) is 26.0 Å². The lowest BCUT2D eigenvalue weighted by Gasteiger charge is -2.10. The van der Waals surface area contributed by atoms with Crippen molar-refractivity contribution < 1.29 is 22.7 Å². The van der Waals surface area contributed by atoms with Gasteiger partial charge in [0.05, 0.1) is 16.4 Å². The van der Waals surface area contributed by atoms with Crippen molar-refractivity contribution in [3.05, 3.63) is 45.1 Å². The molecule has 0 spiro atoms. The van der Waals surface area contributed by atoms with E-state index in [9.17, 15) is 18.0 Å². The topological polar surface area (TPSA) is 102 Å². The smallest absolute Gasteiger partial charge is 0.324 e. The summed E-state index contributed by atoms with van der Waals surface area (Å²) in [5, 5.41) is 4.49. The Balaban J connectivity index is 1.69.